The molecule has 0 aliphatic heterocycles. The standard InChI is InChI=1S/C20H32O6Si2/c1-14(2)9-10-15-13-16(19(23-4)20(24-5)18(15)22-3)11-12-17(21)25-27-26-28(6,7)8/h11-14H,9-10H2,1-8H3. The van der Waals surface area contributed by atoms with E-state index in [0.717, 1.165) is 24.0 Å². The minimum absolute atomic E-state index is 0.296. The lowest BCUT2D eigenvalue weighted by molar-refractivity contribution is -0.129. The van der Waals surface area contributed by atoms with E-state index in [4.69, 9.17) is 22.8 Å². The highest BCUT2D eigenvalue weighted by Crippen LogP contribution is 2.43. The highest BCUT2D eigenvalue weighted by molar-refractivity contribution is 6.73. The van der Waals surface area contributed by atoms with E-state index in [-0.39, 0.29) is 10.0 Å². The van der Waals surface area contributed by atoms with E-state index in [2.05, 4.69) is 13.8 Å². The van der Waals surface area contributed by atoms with Crippen molar-refractivity contribution in [1.29, 1.82) is 0 Å². The third-order valence-electron chi connectivity index (χ3n) is 3.79. The van der Waals surface area contributed by atoms with Crippen LogP contribution in [0.1, 0.15) is 31.4 Å². The van der Waals surface area contributed by atoms with Crippen molar-refractivity contribution in [1.82, 2.24) is 0 Å². The molecule has 1 rings (SSSR count). The average Bonchev–Trinajstić information content (AvgIpc) is 2.62. The fraction of sp³-hybridized carbons (Fsp3) is 0.550. The Bertz CT molecular complexity index is 680. The van der Waals surface area contributed by atoms with Crippen LogP contribution in [0.2, 0.25) is 19.6 Å². The summed E-state index contributed by atoms with van der Waals surface area (Å²) in [6.07, 6.45) is 4.88. The number of ether oxygens (including phenoxy) is 3. The molecule has 0 bridgehead atoms. The second-order valence-corrected chi connectivity index (χ2v) is 13.1. The summed E-state index contributed by atoms with van der Waals surface area (Å²) in [6, 6.07) is 1.97. The SMILES string of the molecule is COc1c(C=CC(=O)O[Si]O[Si](C)(C)C)cc(CCC(C)C)c(OC)c1OC. The molecule has 1 aromatic rings. The van der Waals surface area contributed by atoms with E-state index in [1.165, 1.54) is 6.08 Å². The van der Waals surface area contributed by atoms with E-state index in [9.17, 15) is 4.79 Å². The maximum atomic E-state index is 12.0. The largest absolute Gasteiger partial charge is 0.511 e. The van der Waals surface area contributed by atoms with Crippen LogP contribution in [0.5, 0.6) is 17.2 Å². The van der Waals surface area contributed by atoms with E-state index < -0.39 is 14.3 Å². The fourth-order valence-corrected chi connectivity index (χ4v) is 3.77. The quantitative estimate of drug-likeness (QED) is 0.391. The average molecular weight is 425 g/mol. The molecule has 0 heterocycles. The van der Waals surface area contributed by atoms with Gasteiger partial charge >= 0.3 is 16.0 Å². The molecule has 0 amide bonds. The van der Waals surface area contributed by atoms with Crippen LogP contribution in [0, 0.1) is 5.92 Å². The first-order valence-corrected chi connectivity index (χ1v) is 13.5. The molecule has 0 N–H and O–H groups in total. The molecule has 0 aromatic heterocycles. The van der Waals surface area contributed by atoms with Crippen molar-refractivity contribution in [3.8, 4) is 17.2 Å². The third kappa shape index (κ3) is 7.69. The summed E-state index contributed by atoms with van der Waals surface area (Å²) in [4.78, 5) is 12.0. The predicted molar refractivity (Wildman–Crippen MR) is 115 cm³/mol. The number of methoxy groups -OCH3 is 3. The van der Waals surface area contributed by atoms with E-state index in [1.807, 2.05) is 25.7 Å². The van der Waals surface area contributed by atoms with Crippen LogP contribution in [0.3, 0.4) is 0 Å². The van der Waals surface area contributed by atoms with Crippen LogP contribution < -0.4 is 14.2 Å². The summed E-state index contributed by atoms with van der Waals surface area (Å²) in [5.74, 6) is 1.78. The minimum Gasteiger partial charge on any atom is -0.492 e. The van der Waals surface area contributed by atoms with Crippen molar-refractivity contribution < 1.29 is 27.5 Å². The molecule has 0 aliphatic rings. The molecule has 6 nitrogen and oxygen atoms in total. The van der Waals surface area contributed by atoms with E-state index >= 15 is 0 Å². The van der Waals surface area contributed by atoms with Gasteiger partial charge in [-0.2, -0.15) is 0 Å². The van der Waals surface area contributed by atoms with Crippen LogP contribution in [-0.2, 0) is 19.8 Å². The van der Waals surface area contributed by atoms with Gasteiger partial charge in [0.05, 0.1) is 21.3 Å². The zero-order chi connectivity index (χ0) is 21.3. The summed E-state index contributed by atoms with van der Waals surface area (Å²) in [7, 11) is 2.74. The van der Waals surface area contributed by atoms with Gasteiger partial charge in [-0.1, -0.05) is 13.8 Å². The molecule has 2 radical (unpaired) electrons. The van der Waals surface area contributed by atoms with Crippen LogP contribution in [0.4, 0.5) is 0 Å². The van der Waals surface area contributed by atoms with Crippen molar-refractivity contribution in [2.45, 2.75) is 46.3 Å². The second-order valence-electron chi connectivity index (χ2n) is 7.71. The molecular formula is C20H32O6Si2. The molecule has 0 spiro atoms. The van der Waals surface area contributed by atoms with Crippen LogP contribution in [-0.4, -0.2) is 45.6 Å². The molecule has 0 fully saturated rings. The highest BCUT2D eigenvalue weighted by atomic mass is 28.4. The summed E-state index contributed by atoms with van der Waals surface area (Å²) in [5, 5.41) is 0. The van der Waals surface area contributed by atoms with Gasteiger partial charge in [0.15, 0.2) is 19.8 Å². The Kier molecular flexibility index (Phi) is 9.77. The van der Waals surface area contributed by atoms with Crippen molar-refractivity contribution in [2.24, 2.45) is 5.92 Å². The zero-order valence-corrected chi connectivity index (χ0v) is 20.2. The number of carbonyl (C=O) groups excluding carboxylic acids is 1. The smallest absolute Gasteiger partial charge is 0.492 e. The number of rotatable bonds is 11. The van der Waals surface area contributed by atoms with Gasteiger partial charge in [-0.15, -0.1) is 0 Å². The van der Waals surface area contributed by atoms with Gasteiger partial charge in [0.2, 0.25) is 5.75 Å². The lowest BCUT2D eigenvalue weighted by Crippen LogP contribution is -2.29. The number of benzene rings is 1. The van der Waals surface area contributed by atoms with Gasteiger partial charge in [-0.05, 0) is 56.1 Å². The predicted octanol–water partition coefficient (Wildman–Crippen LogP) is 4.24. The van der Waals surface area contributed by atoms with Gasteiger partial charge in [-0.25, -0.2) is 4.79 Å². The van der Waals surface area contributed by atoms with E-state index in [1.54, 1.807) is 27.4 Å². The van der Waals surface area contributed by atoms with Crippen molar-refractivity contribution in [3.05, 3.63) is 23.3 Å². The highest BCUT2D eigenvalue weighted by Gasteiger charge is 2.20. The van der Waals surface area contributed by atoms with Crippen molar-refractivity contribution in [3.63, 3.8) is 0 Å². The number of hydrogen-bond donors (Lipinski definition) is 0. The lowest BCUT2D eigenvalue weighted by atomic mass is 9.98. The molecule has 0 unspecified atom stereocenters. The van der Waals surface area contributed by atoms with Gasteiger partial charge in [0.25, 0.3) is 0 Å². The lowest BCUT2D eigenvalue weighted by Gasteiger charge is -2.18. The Morgan fingerprint density at radius 1 is 1.07 bits per heavy atom. The van der Waals surface area contributed by atoms with E-state index in [0.29, 0.717) is 23.2 Å². The van der Waals surface area contributed by atoms with Gasteiger partial charge < -0.3 is 22.8 Å². The Labute approximate surface area is 172 Å². The first kappa shape index (κ1) is 24.3. The first-order chi connectivity index (χ1) is 13.1. The van der Waals surface area contributed by atoms with Crippen LogP contribution >= 0.6 is 0 Å². The molecular weight excluding hydrogens is 392 g/mol. The summed E-state index contributed by atoms with van der Waals surface area (Å²) in [5.41, 5.74) is 1.73. The summed E-state index contributed by atoms with van der Waals surface area (Å²) in [6.45, 7) is 10.5. The minimum atomic E-state index is -1.71. The maximum Gasteiger partial charge on any atom is 0.511 e. The normalized spacial score (nSPS) is 11.8. The molecule has 156 valence electrons. The van der Waals surface area contributed by atoms with Gasteiger partial charge in [0.1, 0.15) is 0 Å². The Balaban J connectivity index is 3.11. The van der Waals surface area contributed by atoms with Crippen LogP contribution in [0.25, 0.3) is 6.08 Å². The third-order valence-corrected chi connectivity index (χ3v) is 6.86. The molecule has 0 aliphatic carbocycles. The zero-order valence-electron chi connectivity index (χ0n) is 18.2. The number of carbonyl (C=O) groups is 1. The topological polar surface area (TPSA) is 63.2 Å². The van der Waals surface area contributed by atoms with Crippen molar-refractivity contribution >= 4 is 30.4 Å². The summed E-state index contributed by atoms with van der Waals surface area (Å²) < 4.78 is 27.3. The Hall–Kier alpha value is -1.78. The maximum absolute atomic E-state index is 12.0. The molecule has 28 heavy (non-hydrogen) atoms. The fourth-order valence-electron chi connectivity index (χ4n) is 2.45. The Morgan fingerprint density at radius 3 is 2.18 bits per heavy atom. The summed E-state index contributed by atoms with van der Waals surface area (Å²) >= 11 is 0. The van der Waals surface area contributed by atoms with Crippen molar-refractivity contribution in [2.75, 3.05) is 21.3 Å². The monoisotopic (exact) mass is 424 g/mol. The molecule has 8 heteroatoms. The number of aryl methyl sites for hydroxylation is 1. The second kappa shape index (κ2) is 11.3. The van der Waals surface area contributed by atoms with Gasteiger partial charge in [0, 0.05) is 11.6 Å². The Morgan fingerprint density at radius 2 is 1.68 bits per heavy atom. The molecule has 1 aromatic carbocycles. The molecule has 0 saturated heterocycles. The first-order valence-electron chi connectivity index (χ1n) is 9.26. The number of hydrogen-bond acceptors (Lipinski definition) is 6. The molecule has 0 atom stereocenters. The molecule has 0 saturated carbocycles. The van der Waals surface area contributed by atoms with Crippen LogP contribution in [0.15, 0.2) is 12.1 Å². The van der Waals surface area contributed by atoms with Gasteiger partial charge in [-0.3, -0.25) is 0 Å².